The maximum atomic E-state index is 11.8. The van der Waals surface area contributed by atoms with E-state index in [-0.39, 0.29) is 11.9 Å². The lowest BCUT2D eigenvalue weighted by Gasteiger charge is -2.16. The van der Waals surface area contributed by atoms with Gasteiger partial charge in [-0.1, -0.05) is 13.8 Å². The molecule has 0 fully saturated rings. The van der Waals surface area contributed by atoms with Crippen LogP contribution in [0.3, 0.4) is 0 Å². The molecule has 1 aliphatic heterocycles. The summed E-state index contributed by atoms with van der Waals surface area (Å²) in [6.45, 7) is 4.31. The zero-order valence-corrected chi connectivity index (χ0v) is 10.3. The second kappa shape index (κ2) is 4.90. The molecule has 0 aromatic heterocycles. The Kier molecular flexibility index (Phi) is 3.50. The molecule has 0 radical (unpaired) electrons. The molecule has 0 aromatic carbocycles. The Morgan fingerprint density at radius 3 is 2.82 bits per heavy atom. The van der Waals surface area contributed by atoms with Crippen LogP contribution in [-0.2, 0) is 19.1 Å². The van der Waals surface area contributed by atoms with E-state index >= 15 is 0 Å². The molecule has 1 unspecified atom stereocenters. The summed E-state index contributed by atoms with van der Waals surface area (Å²) in [4.78, 5) is 23.4. The normalized spacial score (nSPS) is 23.7. The number of rotatable bonds is 3. The standard InChI is InChI=1S/C13H18O4/c1-8(2)7-16-13(15)11-9-5-3-4-6-10(9)12(14)17-11/h8,11H,3-7H2,1-2H3. The number of esters is 2. The van der Waals surface area contributed by atoms with Gasteiger partial charge in [0.1, 0.15) is 0 Å². The van der Waals surface area contributed by atoms with Gasteiger partial charge in [0, 0.05) is 5.57 Å². The molecule has 2 aliphatic rings. The van der Waals surface area contributed by atoms with Crippen molar-refractivity contribution in [1.82, 2.24) is 0 Å². The smallest absolute Gasteiger partial charge is 0.351 e. The maximum Gasteiger partial charge on any atom is 0.351 e. The van der Waals surface area contributed by atoms with Crippen LogP contribution in [0.2, 0.25) is 0 Å². The van der Waals surface area contributed by atoms with Crippen molar-refractivity contribution < 1.29 is 19.1 Å². The largest absolute Gasteiger partial charge is 0.462 e. The minimum Gasteiger partial charge on any atom is -0.462 e. The Hall–Kier alpha value is -1.32. The third-order valence-corrected chi connectivity index (χ3v) is 3.07. The number of ether oxygens (including phenoxy) is 2. The van der Waals surface area contributed by atoms with E-state index in [2.05, 4.69) is 0 Å². The lowest BCUT2D eigenvalue weighted by molar-refractivity contribution is -0.161. The average molecular weight is 238 g/mol. The van der Waals surface area contributed by atoms with Gasteiger partial charge in [-0.3, -0.25) is 0 Å². The van der Waals surface area contributed by atoms with Crippen molar-refractivity contribution in [1.29, 1.82) is 0 Å². The van der Waals surface area contributed by atoms with Crippen molar-refractivity contribution >= 4 is 11.9 Å². The molecular weight excluding hydrogens is 220 g/mol. The van der Waals surface area contributed by atoms with E-state index in [1.807, 2.05) is 13.8 Å². The zero-order chi connectivity index (χ0) is 12.4. The molecule has 0 amide bonds. The van der Waals surface area contributed by atoms with Crippen LogP contribution in [0, 0.1) is 5.92 Å². The zero-order valence-electron chi connectivity index (χ0n) is 10.3. The molecule has 0 aromatic rings. The van der Waals surface area contributed by atoms with Crippen LogP contribution in [0.25, 0.3) is 0 Å². The fraction of sp³-hybridized carbons (Fsp3) is 0.692. The van der Waals surface area contributed by atoms with Crippen LogP contribution < -0.4 is 0 Å². The summed E-state index contributed by atoms with van der Waals surface area (Å²) < 4.78 is 10.2. The monoisotopic (exact) mass is 238 g/mol. The Bertz CT molecular complexity index is 368. The number of hydrogen-bond donors (Lipinski definition) is 0. The van der Waals surface area contributed by atoms with Crippen LogP contribution in [0.5, 0.6) is 0 Å². The Balaban J connectivity index is 2.05. The highest BCUT2D eigenvalue weighted by Gasteiger charge is 2.40. The molecule has 1 atom stereocenters. The van der Waals surface area contributed by atoms with E-state index in [0.29, 0.717) is 12.2 Å². The first-order chi connectivity index (χ1) is 8.09. The molecule has 0 spiro atoms. The molecule has 4 nitrogen and oxygen atoms in total. The molecular formula is C13H18O4. The van der Waals surface area contributed by atoms with Gasteiger partial charge in [-0.05, 0) is 37.2 Å². The number of hydrogen-bond acceptors (Lipinski definition) is 4. The van der Waals surface area contributed by atoms with Crippen molar-refractivity contribution in [2.24, 2.45) is 5.92 Å². The fourth-order valence-electron chi connectivity index (χ4n) is 2.22. The number of carbonyl (C=O) groups excluding carboxylic acids is 2. The highest BCUT2D eigenvalue weighted by molar-refractivity contribution is 5.97. The molecule has 2 rings (SSSR count). The number of carbonyl (C=O) groups is 2. The summed E-state index contributed by atoms with van der Waals surface area (Å²) in [5.41, 5.74) is 1.57. The van der Waals surface area contributed by atoms with Crippen LogP contribution in [0.4, 0.5) is 0 Å². The highest BCUT2D eigenvalue weighted by atomic mass is 16.6. The summed E-state index contributed by atoms with van der Waals surface area (Å²) in [6.07, 6.45) is 2.77. The van der Waals surface area contributed by atoms with Crippen LogP contribution >= 0.6 is 0 Å². The van der Waals surface area contributed by atoms with Crippen molar-refractivity contribution in [2.45, 2.75) is 45.6 Å². The third kappa shape index (κ3) is 2.51. The first-order valence-corrected chi connectivity index (χ1v) is 6.19. The lowest BCUT2D eigenvalue weighted by atomic mass is 9.90. The van der Waals surface area contributed by atoms with Crippen LogP contribution in [-0.4, -0.2) is 24.6 Å². The van der Waals surface area contributed by atoms with Crippen molar-refractivity contribution in [2.75, 3.05) is 6.61 Å². The van der Waals surface area contributed by atoms with Gasteiger partial charge < -0.3 is 9.47 Å². The van der Waals surface area contributed by atoms with Gasteiger partial charge in [0.15, 0.2) is 0 Å². The second-order valence-corrected chi connectivity index (χ2v) is 5.02. The van der Waals surface area contributed by atoms with Gasteiger partial charge >= 0.3 is 11.9 Å². The Morgan fingerprint density at radius 1 is 1.41 bits per heavy atom. The topological polar surface area (TPSA) is 52.6 Å². The Labute approximate surface area is 101 Å². The molecule has 0 N–H and O–H groups in total. The predicted molar refractivity (Wildman–Crippen MR) is 61.2 cm³/mol. The van der Waals surface area contributed by atoms with Crippen molar-refractivity contribution in [3.63, 3.8) is 0 Å². The summed E-state index contributed by atoms with van der Waals surface area (Å²) in [5, 5.41) is 0. The van der Waals surface area contributed by atoms with Crippen molar-refractivity contribution in [3.8, 4) is 0 Å². The van der Waals surface area contributed by atoms with E-state index in [1.54, 1.807) is 0 Å². The van der Waals surface area contributed by atoms with Gasteiger partial charge in [0.25, 0.3) is 0 Å². The minimum absolute atomic E-state index is 0.288. The summed E-state index contributed by atoms with van der Waals surface area (Å²) in [6, 6.07) is 0. The van der Waals surface area contributed by atoms with Crippen LogP contribution in [0.15, 0.2) is 11.1 Å². The molecule has 17 heavy (non-hydrogen) atoms. The number of cyclic esters (lactones) is 1. The summed E-state index contributed by atoms with van der Waals surface area (Å²) >= 11 is 0. The Morgan fingerprint density at radius 2 is 2.12 bits per heavy atom. The highest BCUT2D eigenvalue weighted by Crippen LogP contribution is 2.35. The molecule has 94 valence electrons. The quantitative estimate of drug-likeness (QED) is 0.705. The molecule has 4 heteroatoms. The van der Waals surface area contributed by atoms with Gasteiger partial charge in [-0.15, -0.1) is 0 Å². The van der Waals surface area contributed by atoms with Crippen molar-refractivity contribution in [3.05, 3.63) is 11.1 Å². The first kappa shape index (κ1) is 12.1. The molecule has 1 heterocycles. The van der Waals surface area contributed by atoms with E-state index in [4.69, 9.17) is 9.47 Å². The average Bonchev–Trinajstić information content (AvgIpc) is 2.65. The van der Waals surface area contributed by atoms with E-state index < -0.39 is 12.1 Å². The van der Waals surface area contributed by atoms with Gasteiger partial charge in [-0.25, -0.2) is 9.59 Å². The fourth-order valence-corrected chi connectivity index (χ4v) is 2.22. The lowest BCUT2D eigenvalue weighted by Crippen LogP contribution is -2.27. The predicted octanol–water partition coefficient (Wildman–Crippen LogP) is 1.98. The van der Waals surface area contributed by atoms with E-state index in [1.165, 1.54) is 0 Å². The van der Waals surface area contributed by atoms with Gasteiger partial charge in [0.05, 0.1) is 6.61 Å². The summed E-state index contributed by atoms with van der Waals surface area (Å²) in [7, 11) is 0. The molecule has 0 bridgehead atoms. The molecule has 0 saturated carbocycles. The maximum absolute atomic E-state index is 11.8. The summed E-state index contributed by atoms with van der Waals surface area (Å²) in [5.74, 6) is -0.457. The van der Waals surface area contributed by atoms with Crippen LogP contribution in [0.1, 0.15) is 39.5 Å². The third-order valence-electron chi connectivity index (χ3n) is 3.07. The van der Waals surface area contributed by atoms with E-state index in [9.17, 15) is 9.59 Å². The second-order valence-electron chi connectivity index (χ2n) is 5.02. The first-order valence-electron chi connectivity index (χ1n) is 6.19. The minimum atomic E-state index is -0.767. The van der Waals surface area contributed by atoms with E-state index in [0.717, 1.165) is 31.3 Å². The SMILES string of the molecule is CC(C)COC(=O)C1OC(=O)C2=C1CCCC2. The molecule has 0 saturated heterocycles. The van der Waals surface area contributed by atoms with Gasteiger partial charge in [0.2, 0.25) is 6.10 Å². The molecule has 1 aliphatic carbocycles. The van der Waals surface area contributed by atoms with Gasteiger partial charge in [-0.2, -0.15) is 0 Å².